The van der Waals surface area contributed by atoms with Gasteiger partial charge in [-0.05, 0) is 54.4 Å². The molecule has 0 aliphatic carbocycles. The van der Waals surface area contributed by atoms with Crippen molar-refractivity contribution >= 4 is 33.4 Å². The van der Waals surface area contributed by atoms with E-state index in [1.54, 1.807) is 4.68 Å². The molecule has 0 bridgehead atoms. The molecule has 0 fully saturated rings. The van der Waals surface area contributed by atoms with Crippen molar-refractivity contribution in [1.29, 1.82) is 0 Å². The Balaban J connectivity index is 2.03. The van der Waals surface area contributed by atoms with Crippen molar-refractivity contribution in [2.45, 2.75) is 33.4 Å². The molecule has 2 aromatic rings. The lowest BCUT2D eigenvalue weighted by atomic mass is 10.1. The minimum atomic E-state index is -0.100. The van der Waals surface area contributed by atoms with Gasteiger partial charge in [-0.15, -0.1) is 0 Å². The molecule has 1 atom stereocenters. The van der Waals surface area contributed by atoms with Crippen molar-refractivity contribution in [2.24, 2.45) is 0 Å². The molecule has 1 heterocycles. The van der Waals surface area contributed by atoms with Gasteiger partial charge in [0.05, 0.1) is 21.9 Å². The third-order valence-corrected chi connectivity index (χ3v) is 4.70. The fraction of sp³-hybridized carbons (Fsp3) is 0.333. The lowest BCUT2D eigenvalue weighted by Crippen LogP contribution is -2.30. The Bertz CT molecular complexity index is 669. The summed E-state index contributed by atoms with van der Waals surface area (Å²) in [5.41, 5.74) is 2.80. The number of rotatable bonds is 4. The van der Waals surface area contributed by atoms with Crippen LogP contribution in [0.15, 0.2) is 28.7 Å². The number of benzene rings is 1. The molecule has 2 rings (SSSR count). The number of carbonyl (C=O) groups is 1. The second-order valence-corrected chi connectivity index (χ2v) is 6.22. The molecule has 0 spiro atoms. The van der Waals surface area contributed by atoms with E-state index in [1.807, 2.05) is 45.0 Å². The second-order valence-electron chi connectivity index (χ2n) is 4.99. The van der Waals surface area contributed by atoms with E-state index in [0.717, 1.165) is 21.4 Å². The third kappa shape index (κ3) is 3.86. The number of nitrogens with one attached hydrogen (secondary N) is 1. The number of hydrogen-bond donors (Lipinski definition) is 1. The number of carbonyl (C=O) groups excluding carboxylic acids is 1. The van der Waals surface area contributed by atoms with Crippen LogP contribution in [0.5, 0.6) is 0 Å². The van der Waals surface area contributed by atoms with Crippen LogP contribution in [0.1, 0.15) is 29.9 Å². The maximum atomic E-state index is 12.1. The maximum Gasteiger partial charge on any atom is 0.242 e. The van der Waals surface area contributed by atoms with E-state index in [1.165, 1.54) is 0 Å². The van der Waals surface area contributed by atoms with Gasteiger partial charge in [-0.3, -0.25) is 9.48 Å². The first kappa shape index (κ1) is 16.0. The quantitative estimate of drug-likeness (QED) is 0.890. The molecule has 0 radical (unpaired) electrons. The van der Waals surface area contributed by atoms with Crippen molar-refractivity contribution < 1.29 is 4.79 Å². The molecule has 1 aromatic carbocycles. The Hall–Kier alpha value is -1.33. The van der Waals surface area contributed by atoms with E-state index >= 15 is 0 Å². The Kier molecular flexibility index (Phi) is 5.06. The average Bonchev–Trinajstić information content (AvgIpc) is 2.66. The first-order valence-electron chi connectivity index (χ1n) is 6.63. The number of aryl methyl sites for hydroxylation is 1. The van der Waals surface area contributed by atoms with Gasteiger partial charge in [0.1, 0.15) is 6.54 Å². The molecule has 0 aliphatic rings. The zero-order valence-electron chi connectivity index (χ0n) is 12.2. The second kappa shape index (κ2) is 6.62. The summed E-state index contributed by atoms with van der Waals surface area (Å²) in [6.45, 7) is 5.96. The Morgan fingerprint density at radius 2 is 2.19 bits per heavy atom. The van der Waals surface area contributed by atoms with Gasteiger partial charge < -0.3 is 5.32 Å². The van der Waals surface area contributed by atoms with Gasteiger partial charge in [0.25, 0.3) is 0 Å². The summed E-state index contributed by atoms with van der Waals surface area (Å²) in [6, 6.07) is 7.38. The van der Waals surface area contributed by atoms with Crippen molar-refractivity contribution in [3.05, 3.63) is 50.7 Å². The number of aromatic nitrogens is 2. The molecule has 4 nitrogen and oxygen atoms in total. The van der Waals surface area contributed by atoms with E-state index in [9.17, 15) is 4.79 Å². The van der Waals surface area contributed by atoms with E-state index in [4.69, 9.17) is 11.6 Å². The highest BCUT2D eigenvalue weighted by atomic mass is 79.9. The fourth-order valence-corrected chi connectivity index (χ4v) is 2.59. The molecule has 1 aromatic heterocycles. The molecule has 1 N–H and O–H groups in total. The molecule has 112 valence electrons. The predicted molar refractivity (Wildman–Crippen MR) is 87.4 cm³/mol. The van der Waals surface area contributed by atoms with Gasteiger partial charge in [-0.1, -0.05) is 23.7 Å². The molecular weight excluding hydrogens is 354 g/mol. The zero-order valence-corrected chi connectivity index (χ0v) is 14.5. The highest BCUT2D eigenvalue weighted by molar-refractivity contribution is 9.10. The van der Waals surface area contributed by atoms with Gasteiger partial charge in [0.2, 0.25) is 5.91 Å². The largest absolute Gasteiger partial charge is 0.348 e. The Morgan fingerprint density at radius 1 is 1.48 bits per heavy atom. The summed E-state index contributed by atoms with van der Waals surface area (Å²) in [5.74, 6) is -0.0828. The van der Waals surface area contributed by atoms with E-state index in [-0.39, 0.29) is 18.5 Å². The molecule has 6 heteroatoms. The van der Waals surface area contributed by atoms with Gasteiger partial charge in [0, 0.05) is 5.02 Å². The monoisotopic (exact) mass is 369 g/mol. The normalized spacial score (nSPS) is 12.2. The van der Waals surface area contributed by atoms with Crippen LogP contribution in [0.3, 0.4) is 0 Å². The Morgan fingerprint density at radius 3 is 2.76 bits per heavy atom. The lowest BCUT2D eigenvalue weighted by Gasteiger charge is -2.15. The number of amides is 1. The number of halogens is 2. The summed E-state index contributed by atoms with van der Waals surface area (Å²) in [5, 5.41) is 7.95. The first-order chi connectivity index (χ1) is 9.88. The molecule has 0 saturated heterocycles. The molecule has 0 aliphatic heterocycles. The van der Waals surface area contributed by atoms with Crippen LogP contribution in [0.4, 0.5) is 0 Å². The molecular formula is C15H17BrClN3O. The van der Waals surface area contributed by atoms with Crippen LogP contribution in [0, 0.1) is 13.8 Å². The van der Waals surface area contributed by atoms with Crippen molar-refractivity contribution in [1.82, 2.24) is 15.1 Å². The SMILES string of the molecule is Cc1nn(CC(=O)NC(C)c2cccc(Cl)c2)c(C)c1Br. The van der Waals surface area contributed by atoms with Gasteiger partial charge in [-0.25, -0.2) is 0 Å². The average molecular weight is 371 g/mol. The van der Waals surface area contributed by atoms with Crippen LogP contribution in [0.25, 0.3) is 0 Å². The van der Waals surface area contributed by atoms with Crippen LogP contribution in [0.2, 0.25) is 5.02 Å². The minimum Gasteiger partial charge on any atom is -0.348 e. The molecule has 21 heavy (non-hydrogen) atoms. The van der Waals surface area contributed by atoms with Crippen molar-refractivity contribution in [3.8, 4) is 0 Å². The van der Waals surface area contributed by atoms with Gasteiger partial charge in [-0.2, -0.15) is 5.10 Å². The molecule has 0 saturated carbocycles. The third-order valence-electron chi connectivity index (χ3n) is 3.31. The zero-order chi connectivity index (χ0) is 15.6. The summed E-state index contributed by atoms with van der Waals surface area (Å²) in [6.07, 6.45) is 0. The smallest absolute Gasteiger partial charge is 0.242 e. The van der Waals surface area contributed by atoms with Crippen LogP contribution in [-0.4, -0.2) is 15.7 Å². The number of nitrogens with zero attached hydrogens (tertiary/aromatic N) is 2. The topological polar surface area (TPSA) is 46.9 Å². The summed E-state index contributed by atoms with van der Waals surface area (Å²) in [4.78, 5) is 12.1. The van der Waals surface area contributed by atoms with Crippen LogP contribution in [-0.2, 0) is 11.3 Å². The highest BCUT2D eigenvalue weighted by Crippen LogP contribution is 2.20. The Labute approximate surface area is 137 Å². The first-order valence-corrected chi connectivity index (χ1v) is 7.80. The van der Waals surface area contributed by atoms with Crippen LogP contribution >= 0.6 is 27.5 Å². The minimum absolute atomic E-state index is 0.0828. The predicted octanol–water partition coefficient (Wildman–Crippen LogP) is 3.79. The maximum absolute atomic E-state index is 12.1. The summed E-state index contributed by atoms with van der Waals surface area (Å²) >= 11 is 9.42. The fourth-order valence-electron chi connectivity index (χ4n) is 2.11. The van der Waals surface area contributed by atoms with E-state index < -0.39 is 0 Å². The van der Waals surface area contributed by atoms with Gasteiger partial charge in [0.15, 0.2) is 0 Å². The van der Waals surface area contributed by atoms with Crippen molar-refractivity contribution in [3.63, 3.8) is 0 Å². The summed E-state index contributed by atoms with van der Waals surface area (Å²) in [7, 11) is 0. The van der Waals surface area contributed by atoms with Crippen LogP contribution < -0.4 is 5.32 Å². The molecule has 1 unspecified atom stereocenters. The summed E-state index contributed by atoms with van der Waals surface area (Å²) < 4.78 is 2.64. The highest BCUT2D eigenvalue weighted by Gasteiger charge is 2.14. The van der Waals surface area contributed by atoms with Crippen molar-refractivity contribution in [2.75, 3.05) is 0 Å². The van der Waals surface area contributed by atoms with E-state index in [2.05, 4.69) is 26.3 Å². The number of hydrogen-bond acceptors (Lipinski definition) is 2. The standard InChI is InChI=1S/C15H17BrClN3O/c1-9(12-5-4-6-13(17)7-12)18-14(21)8-20-11(3)15(16)10(2)19-20/h4-7,9H,8H2,1-3H3,(H,18,21). The van der Waals surface area contributed by atoms with Gasteiger partial charge >= 0.3 is 0 Å². The molecule has 1 amide bonds. The van der Waals surface area contributed by atoms with E-state index in [0.29, 0.717) is 5.02 Å². The lowest BCUT2D eigenvalue weighted by molar-refractivity contribution is -0.122.